The van der Waals surface area contributed by atoms with Crippen LogP contribution >= 0.6 is 0 Å². The average Bonchev–Trinajstić information content (AvgIpc) is 2.88. The molecule has 0 unspecified atom stereocenters. The molecule has 4 heteroatoms. The maximum atomic E-state index is 12.3. The van der Waals surface area contributed by atoms with E-state index >= 15 is 0 Å². The Labute approximate surface area is 135 Å². The lowest BCUT2D eigenvalue weighted by Crippen LogP contribution is -2.19. The van der Waals surface area contributed by atoms with Gasteiger partial charge in [0.15, 0.2) is 12.4 Å². The van der Waals surface area contributed by atoms with E-state index in [2.05, 4.69) is 13.8 Å². The van der Waals surface area contributed by atoms with Gasteiger partial charge in [-0.1, -0.05) is 13.8 Å². The van der Waals surface area contributed by atoms with E-state index < -0.39 is 0 Å². The summed E-state index contributed by atoms with van der Waals surface area (Å²) in [7, 11) is 0. The number of aldehydes is 1. The molecule has 1 heterocycles. The highest BCUT2D eigenvalue weighted by molar-refractivity contribution is 5.97. The van der Waals surface area contributed by atoms with Crippen LogP contribution in [0.2, 0.25) is 0 Å². The van der Waals surface area contributed by atoms with Crippen LogP contribution in [0.4, 0.5) is 0 Å². The third kappa shape index (κ3) is 3.11. The molecule has 0 bridgehead atoms. The van der Waals surface area contributed by atoms with Crippen LogP contribution in [-0.4, -0.2) is 25.3 Å². The minimum Gasteiger partial charge on any atom is -0.492 e. The lowest BCUT2D eigenvalue weighted by molar-refractivity contribution is 0.0921. The van der Waals surface area contributed by atoms with E-state index in [-0.39, 0.29) is 17.8 Å². The molecule has 1 aliphatic heterocycles. The van der Waals surface area contributed by atoms with Crippen molar-refractivity contribution in [3.63, 3.8) is 0 Å². The van der Waals surface area contributed by atoms with Crippen LogP contribution in [0.15, 0.2) is 42.5 Å². The number of rotatable bonds is 5. The van der Waals surface area contributed by atoms with E-state index in [4.69, 9.17) is 9.47 Å². The van der Waals surface area contributed by atoms with Crippen LogP contribution in [0.5, 0.6) is 11.5 Å². The minimum atomic E-state index is -0.0880. The lowest BCUT2D eigenvalue weighted by Gasteiger charge is -2.15. The van der Waals surface area contributed by atoms with Gasteiger partial charge >= 0.3 is 0 Å². The molecule has 23 heavy (non-hydrogen) atoms. The third-order valence-corrected chi connectivity index (χ3v) is 4.01. The molecule has 0 atom stereocenters. The summed E-state index contributed by atoms with van der Waals surface area (Å²) < 4.78 is 11.1. The monoisotopic (exact) mass is 310 g/mol. The smallest absolute Gasteiger partial charge is 0.200 e. The highest BCUT2D eigenvalue weighted by Crippen LogP contribution is 2.38. The topological polar surface area (TPSA) is 52.6 Å². The van der Waals surface area contributed by atoms with Crippen molar-refractivity contribution in [2.45, 2.75) is 19.3 Å². The number of ketones is 1. The van der Waals surface area contributed by atoms with Gasteiger partial charge in [0.1, 0.15) is 17.8 Å². The van der Waals surface area contributed by atoms with Gasteiger partial charge in [-0.15, -0.1) is 0 Å². The highest BCUT2D eigenvalue weighted by atomic mass is 16.5. The van der Waals surface area contributed by atoms with E-state index in [9.17, 15) is 9.59 Å². The SMILES string of the molecule is CC1(C)COc2ccc(C(=O)COc3ccc(C=O)cc3)cc21. The summed E-state index contributed by atoms with van der Waals surface area (Å²) in [5.41, 5.74) is 2.16. The number of ether oxygens (including phenoxy) is 2. The first-order valence-corrected chi connectivity index (χ1v) is 7.48. The lowest BCUT2D eigenvalue weighted by atomic mass is 9.86. The fourth-order valence-electron chi connectivity index (χ4n) is 2.57. The number of carbonyl (C=O) groups excluding carboxylic acids is 2. The molecule has 0 spiro atoms. The maximum Gasteiger partial charge on any atom is 0.200 e. The summed E-state index contributed by atoms with van der Waals surface area (Å²) in [5.74, 6) is 1.32. The Morgan fingerprint density at radius 3 is 2.65 bits per heavy atom. The number of hydrogen-bond donors (Lipinski definition) is 0. The summed E-state index contributed by atoms with van der Waals surface area (Å²) in [6, 6.07) is 12.2. The zero-order valence-electron chi connectivity index (χ0n) is 13.2. The first kappa shape index (κ1) is 15.3. The Hall–Kier alpha value is -2.62. The normalized spacial score (nSPS) is 14.7. The minimum absolute atomic E-state index is 0.0412. The third-order valence-electron chi connectivity index (χ3n) is 4.01. The van der Waals surface area contributed by atoms with Crippen molar-refractivity contribution in [2.24, 2.45) is 0 Å². The second kappa shape index (κ2) is 5.88. The van der Waals surface area contributed by atoms with E-state index in [0.29, 0.717) is 23.5 Å². The fourth-order valence-corrected chi connectivity index (χ4v) is 2.57. The van der Waals surface area contributed by atoms with E-state index in [0.717, 1.165) is 17.6 Å². The first-order valence-electron chi connectivity index (χ1n) is 7.48. The number of benzene rings is 2. The summed E-state index contributed by atoms with van der Waals surface area (Å²) in [5, 5.41) is 0. The molecule has 118 valence electrons. The Morgan fingerprint density at radius 2 is 1.96 bits per heavy atom. The molecule has 0 saturated carbocycles. The van der Waals surface area contributed by atoms with Crippen molar-refractivity contribution < 1.29 is 19.1 Å². The summed E-state index contributed by atoms with van der Waals surface area (Å²) in [4.78, 5) is 22.9. The van der Waals surface area contributed by atoms with Gasteiger partial charge in [-0.2, -0.15) is 0 Å². The van der Waals surface area contributed by atoms with Gasteiger partial charge in [-0.3, -0.25) is 9.59 Å². The predicted octanol–water partition coefficient (Wildman–Crippen LogP) is 3.43. The van der Waals surface area contributed by atoms with E-state index in [1.165, 1.54) is 0 Å². The van der Waals surface area contributed by atoms with Crippen molar-refractivity contribution in [2.75, 3.05) is 13.2 Å². The Morgan fingerprint density at radius 1 is 1.22 bits per heavy atom. The Kier molecular flexibility index (Phi) is 3.90. The van der Waals surface area contributed by atoms with Gasteiger partial charge in [0.2, 0.25) is 0 Å². The molecule has 0 aliphatic carbocycles. The van der Waals surface area contributed by atoms with Gasteiger partial charge in [-0.25, -0.2) is 0 Å². The molecule has 2 aromatic carbocycles. The molecule has 1 aliphatic rings. The molecule has 0 saturated heterocycles. The van der Waals surface area contributed by atoms with Crippen molar-refractivity contribution in [1.82, 2.24) is 0 Å². The molecular weight excluding hydrogens is 292 g/mol. The molecular formula is C19H18O4. The maximum absolute atomic E-state index is 12.3. The average molecular weight is 310 g/mol. The summed E-state index contributed by atoms with van der Waals surface area (Å²) in [6.07, 6.45) is 0.767. The molecule has 0 aromatic heterocycles. The highest BCUT2D eigenvalue weighted by Gasteiger charge is 2.32. The largest absolute Gasteiger partial charge is 0.492 e. The molecule has 0 amide bonds. The van der Waals surface area contributed by atoms with Gasteiger partial charge in [0.25, 0.3) is 0 Å². The van der Waals surface area contributed by atoms with Crippen LogP contribution < -0.4 is 9.47 Å². The van der Waals surface area contributed by atoms with Crippen molar-refractivity contribution in [3.8, 4) is 11.5 Å². The summed E-state index contributed by atoms with van der Waals surface area (Å²) in [6.45, 7) is 4.77. The van der Waals surface area contributed by atoms with Gasteiger partial charge in [0.05, 0.1) is 6.61 Å². The van der Waals surface area contributed by atoms with Crippen LogP contribution in [0.1, 0.15) is 40.1 Å². The number of hydrogen-bond acceptors (Lipinski definition) is 4. The first-order chi connectivity index (χ1) is 11.0. The standard InChI is InChI=1S/C19H18O4/c1-19(2)12-23-18-8-5-14(9-16(18)19)17(21)11-22-15-6-3-13(10-20)4-7-15/h3-10H,11-12H2,1-2H3. The van der Waals surface area contributed by atoms with Gasteiger partial charge in [0, 0.05) is 22.1 Å². The number of Topliss-reactive ketones (excluding diaryl/α,β-unsaturated/α-hetero) is 1. The van der Waals surface area contributed by atoms with E-state index in [1.54, 1.807) is 30.3 Å². The van der Waals surface area contributed by atoms with Gasteiger partial charge < -0.3 is 9.47 Å². The van der Waals surface area contributed by atoms with E-state index in [1.807, 2.05) is 12.1 Å². The summed E-state index contributed by atoms with van der Waals surface area (Å²) >= 11 is 0. The predicted molar refractivity (Wildman–Crippen MR) is 86.6 cm³/mol. The van der Waals surface area contributed by atoms with Crippen molar-refractivity contribution >= 4 is 12.1 Å². The van der Waals surface area contributed by atoms with Crippen LogP contribution in [0.25, 0.3) is 0 Å². The molecule has 2 aromatic rings. The van der Waals surface area contributed by atoms with Crippen LogP contribution in [0, 0.1) is 0 Å². The Balaban J connectivity index is 1.70. The van der Waals surface area contributed by atoms with Crippen LogP contribution in [-0.2, 0) is 5.41 Å². The zero-order chi connectivity index (χ0) is 16.4. The molecule has 3 rings (SSSR count). The zero-order valence-corrected chi connectivity index (χ0v) is 13.2. The quantitative estimate of drug-likeness (QED) is 0.627. The Bertz CT molecular complexity index is 744. The van der Waals surface area contributed by atoms with Crippen LogP contribution in [0.3, 0.4) is 0 Å². The molecule has 0 radical (unpaired) electrons. The molecule has 0 fully saturated rings. The number of fused-ring (bicyclic) bond motifs is 1. The fraction of sp³-hybridized carbons (Fsp3) is 0.263. The molecule has 0 N–H and O–H groups in total. The van der Waals surface area contributed by atoms with Gasteiger partial charge in [-0.05, 0) is 42.5 Å². The van der Waals surface area contributed by atoms with Crippen molar-refractivity contribution in [3.05, 3.63) is 59.2 Å². The second-order valence-corrected chi connectivity index (χ2v) is 6.28. The number of carbonyl (C=O) groups is 2. The molecule has 4 nitrogen and oxygen atoms in total. The van der Waals surface area contributed by atoms with Crippen molar-refractivity contribution in [1.29, 1.82) is 0 Å². The second-order valence-electron chi connectivity index (χ2n) is 6.28.